The van der Waals surface area contributed by atoms with Crippen molar-refractivity contribution in [3.05, 3.63) is 36.9 Å². The highest BCUT2D eigenvalue weighted by Crippen LogP contribution is 2.20. The van der Waals surface area contributed by atoms with Crippen LogP contribution in [0.5, 0.6) is 0 Å². The standard InChI is InChI=1S/C20H28N8O/c29-18(17-4-1-10-28(16-17)20-24-7-3-8-25-20)21-9-11-26-12-14-27(15-13-26)19-22-5-2-6-23-19/h2-3,5-8,17H,1,4,9-16H2,(H,21,29). The molecule has 29 heavy (non-hydrogen) atoms. The highest BCUT2D eigenvalue weighted by molar-refractivity contribution is 5.79. The molecule has 0 saturated carbocycles. The van der Waals surface area contributed by atoms with Crippen molar-refractivity contribution in [2.45, 2.75) is 12.8 Å². The van der Waals surface area contributed by atoms with E-state index in [1.807, 2.05) is 12.1 Å². The first-order chi connectivity index (χ1) is 14.3. The molecule has 2 aromatic rings. The second kappa shape index (κ2) is 9.60. The SMILES string of the molecule is O=C(NCCN1CCN(c2ncccn2)CC1)C1CCCN(c2ncccn2)C1. The fraction of sp³-hybridized carbons (Fsp3) is 0.550. The van der Waals surface area contributed by atoms with Gasteiger partial charge in [-0.2, -0.15) is 0 Å². The summed E-state index contributed by atoms with van der Waals surface area (Å²) in [7, 11) is 0. The molecule has 2 aliphatic heterocycles. The first-order valence-corrected chi connectivity index (χ1v) is 10.3. The molecule has 1 N–H and O–H groups in total. The van der Waals surface area contributed by atoms with Gasteiger partial charge in [0.05, 0.1) is 5.92 Å². The topological polar surface area (TPSA) is 90.4 Å². The minimum Gasteiger partial charge on any atom is -0.355 e. The van der Waals surface area contributed by atoms with Gasteiger partial charge in [-0.3, -0.25) is 9.69 Å². The summed E-state index contributed by atoms with van der Waals surface area (Å²) in [6.07, 6.45) is 8.96. The molecule has 0 aromatic carbocycles. The molecule has 0 spiro atoms. The summed E-state index contributed by atoms with van der Waals surface area (Å²) in [5, 5.41) is 3.13. The molecule has 2 aromatic heterocycles. The predicted octanol–water partition coefficient (Wildman–Crippen LogP) is 0.421. The van der Waals surface area contributed by atoms with Gasteiger partial charge in [-0.25, -0.2) is 19.9 Å². The van der Waals surface area contributed by atoms with Gasteiger partial charge in [-0.1, -0.05) is 0 Å². The first-order valence-electron chi connectivity index (χ1n) is 10.3. The van der Waals surface area contributed by atoms with Gasteiger partial charge >= 0.3 is 0 Å². The van der Waals surface area contributed by atoms with E-state index in [0.717, 1.165) is 58.1 Å². The fourth-order valence-electron chi connectivity index (χ4n) is 3.93. The van der Waals surface area contributed by atoms with Gasteiger partial charge in [0.15, 0.2) is 0 Å². The van der Waals surface area contributed by atoms with E-state index >= 15 is 0 Å². The molecule has 0 radical (unpaired) electrons. The van der Waals surface area contributed by atoms with E-state index < -0.39 is 0 Å². The number of rotatable bonds is 6. The van der Waals surface area contributed by atoms with Crippen LogP contribution < -0.4 is 15.1 Å². The smallest absolute Gasteiger partial charge is 0.225 e. The Balaban J connectivity index is 1.18. The molecule has 9 nitrogen and oxygen atoms in total. The van der Waals surface area contributed by atoms with Gasteiger partial charge < -0.3 is 15.1 Å². The van der Waals surface area contributed by atoms with Crippen molar-refractivity contribution in [1.82, 2.24) is 30.2 Å². The van der Waals surface area contributed by atoms with Crippen molar-refractivity contribution in [3.8, 4) is 0 Å². The summed E-state index contributed by atoms with van der Waals surface area (Å²) < 4.78 is 0. The number of nitrogens with one attached hydrogen (secondary N) is 1. The van der Waals surface area contributed by atoms with Crippen LogP contribution in [0.1, 0.15) is 12.8 Å². The molecule has 1 unspecified atom stereocenters. The van der Waals surface area contributed by atoms with Crippen LogP contribution >= 0.6 is 0 Å². The van der Waals surface area contributed by atoms with Crippen molar-refractivity contribution in [3.63, 3.8) is 0 Å². The van der Waals surface area contributed by atoms with Gasteiger partial charge in [0.25, 0.3) is 0 Å². The monoisotopic (exact) mass is 396 g/mol. The molecule has 1 amide bonds. The fourth-order valence-corrected chi connectivity index (χ4v) is 3.93. The molecular formula is C20H28N8O. The Morgan fingerprint density at radius 1 is 0.897 bits per heavy atom. The second-order valence-corrected chi connectivity index (χ2v) is 7.50. The van der Waals surface area contributed by atoms with Crippen LogP contribution in [0.15, 0.2) is 36.9 Å². The summed E-state index contributed by atoms with van der Waals surface area (Å²) >= 11 is 0. The Bertz CT molecular complexity index is 767. The van der Waals surface area contributed by atoms with E-state index in [0.29, 0.717) is 19.0 Å². The number of hydrogen-bond donors (Lipinski definition) is 1. The van der Waals surface area contributed by atoms with Crippen LogP contribution in [0.3, 0.4) is 0 Å². The molecule has 4 rings (SSSR count). The largest absolute Gasteiger partial charge is 0.355 e. The Morgan fingerprint density at radius 2 is 1.52 bits per heavy atom. The maximum absolute atomic E-state index is 12.6. The second-order valence-electron chi connectivity index (χ2n) is 7.50. The number of aromatic nitrogens is 4. The van der Waals surface area contributed by atoms with E-state index in [1.54, 1.807) is 24.8 Å². The molecule has 2 aliphatic rings. The van der Waals surface area contributed by atoms with E-state index in [2.05, 4.69) is 40.0 Å². The van der Waals surface area contributed by atoms with Gasteiger partial charge in [0.1, 0.15) is 0 Å². The minimum absolute atomic E-state index is 0.000340. The zero-order chi connectivity index (χ0) is 19.9. The normalized spacial score (nSPS) is 20.5. The number of anilines is 2. The Kier molecular flexibility index (Phi) is 6.45. The van der Waals surface area contributed by atoms with Crippen LogP contribution in [0.2, 0.25) is 0 Å². The number of piperazine rings is 1. The van der Waals surface area contributed by atoms with E-state index in [9.17, 15) is 4.79 Å². The van der Waals surface area contributed by atoms with E-state index in [1.165, 1.54) is 0 Å². The van der Waals surface area contributed by atoms with Gasteiger partial charge in [-0.15, -0.1) is 0 Å². The average molecular weight is 396 g/mol. The molecule has 0 bridgehead atoms. The summed E-state index contributed by atoms with van der Waals surface area (Å²) in [6.45, 7) is 6.87. The third-order valence-corrected chi connectivity index (χ3v) is 5.56. The number of carbonyl (C=O) groups excluding carboxylic acids is 1. The van der Waals surface area contributed by atoms with Crippen LogP contribution in [0.4, 0.5) is 11.9 Å². The number of hydrogen-bond acceptors (Lipinski definition) is 8. The molecule has 9 heteroatoms. The summed E-state index contributed by atoms with van der Waals surface area (Å²) in [4.78, 5) is 36.6. The van der Waals surface area contributed by atoms with Gasteiger partial charge in [-0.05, 0) is 25.0 Å². The maximum Gasteiger partial charge on any atom is 0.225 e. The summed E-state index contributed by atoms with van der Waals surface area (Å²) in [5.41, 5.74) is 0. The number of nitrogens with zero attached hydrogens (tertiary/aromatic N) is 7. The lowest BCUT2D eigenvalue weighted by molar-refractivity contribution is -0.125. The third-order valence-electron chi connectivity index (χ3n) is 5.56. The van der Waals surface area contributed by atoms with E-state index in [-0.39, 0.29) is 11.8 Å². The highest BCUT2D eigenvalue weighted by atomic mass is 16.1. The lowest BCUT2D eigenvalue weighted by Crippen LogP contribution is -2.50. The average Bonchev–Trinajstić information content (AvgIpc) is 2.81. The molecule has 0 aliphatic carbocycles. The zero-order valence-corrected chi connectivity index (χ0v) is 16.7. The van der Waals surface area contributed by atoms with Crippen LogP contribution in [0, 0.1) is 5.92 Å². The Hall–Kier alpha value is -2.81. The number of piperidine rings is 1. The van der Waals surface area contributed by atoms with Gasteiger partial charge in [0.2, 0.25) is 17.8 Å². The van der Waals surface area contributed by atoms with Crippen molar-refractivity contribution < 1.29 is 4.79 Å². The van der Waals surface area contributed by atoms with Crippen molar-refractivity contribution in [2.24, 2.45) is 5.92 Å². The predicted molar refractivity (Wildman–Crippen MR) is 111 cm³/mol. The lowest BCUT2D eigenvalue weighted by atomic mass is 9.97. The molecule has 154 valence electrons. The first kappa shape index (κ1) is 19.5. The van der Waals surface area contributed by atoms with Crippen LogP contribution in [-0.2, 0) is 4.79 Å². The minimum atomic E-state index is -0.000340. The molecule has 2 saturated heterocycles. The Morgan fingerprint density at radius 3 is 2.17 bits per heavy atom. The van der Waals surface area contributed by atoms with Gasteiger partial charge in [0, 0.05) is 77.1 Å². The lowest BCUT2D eigenvalue weighted by Gasteiger charge is -2.35. The number of amides is 1. The summed E-state index contributed by atoms with van der Waals surface area (Å²) in [5.74, 6) is 1.65. The summed E-state index contributed by atoms with van der Waals surface area (Å²) in [6, 6.07) is 3.64. The quantitative estimate of drug-likeness (QED) is 0.751. The van der Waals surface area contributed by atoms with Crippen LogP contribution in [0.25, 0.3) is 0 Å². The zero-order valence-electron chi connectivity index (χ0n) is 16.7. The van der Waals surface area contributed by atoms with Crippen molar-refractivity contribution in [2.75, 3.05) is 62.2 Å². The third kappa shape index (κ3) is 5.17. The van der Waals surface area contributed by atoms with E-state index in [4.69, 9.17) is 0 Å². The van der Waals surface area contributed by atoms with Crippen LogP contribution in [-0.4, -0.2) is 83.1 Å². The van der Waals surface area contributed by atoms with Crippen molar-refractivity contribution >= 4 is 17.8 Å². The molecule has 4 heterocycles. The molecule has 2 fully saturated rings. The number of carbonyl (C=O) groups is 1. The maximum atomic E-state index is 12.6. The van der Waals surface area contributed by atoms with Crippen molar-refractivity contribution in [1.29, 1.82) is 0 Å². The Labute approximate surface area is 171 Å². The highest BCUT2D eigenvalue weighted by Gasteiger charge is 2.27. The molecule has 1 atom stereocenters. The molecular weight excluding hydrogens is 368 g/mol.